The number of rotatable bonds is 3. The van der Waals surface area contributed by atoms with E-state index in [0.717, 1.165) is 56.7 Å². The van der Waals surface area contributed by atoms with Crippen LogP contribution in [0.4, 0.5) is 0 Å². The Morgan fingerprint density at radius 3 is 2.43 bits per heavy atom. The third kappa shape index (κ3) is 3.34. The molecule has 0 aliphatic carbocycles. The standard InChI is InChI=1S/C23H29N3O2/c1-3-25-17-23(16-19(21(25)27)18-8-5-4-6-9-18)11-14-26(15-12-23)22(28)20-10-7-13-24(20)2/h4-10,13,19H,3,11-12,14-17H2,1-2H3/t19-/m0/s1. The Kier molecular flexibility index (Phi) is 5.00. The van der Waals surface area contributed by atoms with Crippen molar-refractivity contribution < 1.29 is 9.59 Å². The van der Waals surface area contributed by atoms with E-state index >= 15 is 0 Å². The minimum absolute atomic E-state index is 0.0648. The summed E-state index contributed by atoms with van der Waals surface area (Å²) in [6.45, 7) is 5.15. The highest BCUT2D eigenvalue weighted by Crippen LogP contribution is 2.45. The largest absolute Gasteiger partial charge is 0.347 e. The zero-order valence-corrected chi connectivity index (χ0v) is 16.8. The molecule has 2 fully saturated rings. The number of aromatic nitrogens is 1. The zero-order valence-electron chi connectivity index (χ0n) is 16.8. The molecule has 0 bridgehead atoms. The number of benzene rings is 1. The van der Waals surface area contributed by atoms with Crippen LogP contribution in [-0.4, -0.2) is 52.4 Å². The van der Waals surface area contributed by atoms with Crippen LogP contribution < -0.4 is 0 Å². The van der Waals surface area contributed by atoms with Crippen molar-refractivity contribution in [3.8, 4) is 0 Å². The predicted molar refractivity (Wildman–Crippen MR) is 109 cm³/mol. The lowest BCUT2D eigenvalue weighted by Crippen LogP contribution is -2.54. The lowest BCUT2D eigenvalue weighted by molar-refractivity contribution is -0.141. The van der Waals surface area contributed by atoms with Gasteiger partial charge in [-0.05, 0) is 49.3 Å². The van der Waals surface area contributed by atoms with Crippen LogP contribution >= 0.6 is 0 Å². The summed E-state index contributed by atoms with van der Waals surface area (Å²) in [6, 6.07) is 14.0. The van der Waals surface area contributed by atoms with Gasteiger partial charge in [-0.1, -0.05) is 30.3 Å². The molecule has 5 heteroatoms. The predicted octanol–water partition coefficient (Wildman–Crippen LogP) is 3.28. The van der Waals surface area contributed by atoms with Crippen LogP contribution in [0.1, 0.15) is 48.2 Å². The normalized spacial score (nSPS) is 21.9. The summed E-state index contributed by atoms with van der Waals surface area (Å²) < 4.78 is 1.89. The average molecular weight is 380 g/mol. The highest BCUT2D eigenvalue weighted by atomic mass is 16.2. The topological polar surface area (TPSA) is 45.5 Å². The van der Waals surface area contributed by atoms with E-state index in [1.165, 1.54) is 0 Å². The Hall–Kier alpha value is -2.56. The fourth-order valence-electron chi connectivity index (χ4n) is 4.89. The monoisotopic (exact) mass is 379 g/mol. The SMILES string of the molecule is CCN1CC2(CCN(C(=O)c3cccn3C)CC2)C[C@@H](c2ccccc2)C1=O. The Morgan fingerprint density at radius 1 is 1.11 bits per heavy atom. The average Bonchev–Trinajstić information content (AvgIpc) is 3.16. The summed E-state index contributed by atoms with van der Waals surface area (Å²) in [4.78, 5) is 29.9. The molecule has 2 saturated heterocycles. The van der Waals surface area contributed by atoms with Crippen LogP contribution in [0.15, 0.2) is 48.7 Å². The summed E-state index contributed by atoms with van der Waals surface area (Å²) in [5.74, 6) is 0.299. The van der Waals surface area contributed by atoms with Gasteiger partial charge in [0.2, 0.25) is 5.91 Å². The number of carbonyl (C=O) groups excluding carboxylic acids is 2. The molecule has 5 nitrogen and oxygen atoms in total. The van der Waals surface area contributed by atoms with Crippen LogP contribution in [0, 0.1) is 5.41 Å². The molecule has 1 spiro atoms. The van der Waals surface area contributed by atoms with Gasteiger partial charge in [0.05, 0.1) is 5.92 Å². The van der Waals surface area contributed by atoms with Gasteiger partial charge in [-0.25, -0.2) is 0 Å². The molecule has 1 aromatic heterocycles. The lowest BCUT2D eigenvalue weighted by Gasteiger charge is -2.49. The van der Waals surface area contributed by atoms with E-state index < -0.39 is 0 Å². The number of likely N-dealkylation sites (N-methyl/N-ethyl adjacent to an activating group) is 1. The van der Waals surface area contributed by atoms with Crippen molar-refractivity contribution in [1.29, 1.82) is 0 Å². The van der Waals surface area contributed by atoms with Gasteiger partial charge in [0.15, 0.2) is 0 Å². The maximum Gasteiger partial charge on any atom is 0.270 e. The number of likely N-dealkylation sites (tertiary alicyclic amines) is 2. The molecule has 28 heavy (non-hydrogen) atoms. The minimum atomic E-state index is -0.0648. The van der Waals surface area contributed by atoms with Gasteiger partial charge < -0.3 is 14.4 Å². The van der Waals surface area contributed by atoms with E-state index in [1.54, 1.807) is 0 Å². The summed E-state index contributed by atoms with van der Waals surface area (Å²) >= 11 is 0. The minimum Gasteiger partial charge on any atom is -0.347 e. The van der Waals surface area contributed by atoms with E-state index in [0.29, 0.717) is 0 Å². The molecule has 4 rings (SSSR count). The number of piperidine rings is 2. The number of amides is 2. The van der Waals surface area contributed by atoms with Gasteiger partial charge in [-0.15, -0.1) is 0 Å². The quantitative estimate of drug-likeness (QED) is 0.822. The molecule has 2 aliphatic rings. The first-order valence-electron chi connectivity index (χ1n) is 10.3. The van der Waals surface area contributed by atoms with E-state index in [-0.39, 0.29) is 23.1 Å². The second-order valence-electron chi connectivity index (χ2n) is 8.32. The van der Waals surface area contributed by atoms with Crippen LogP contribution in [0.3, 0.4) is 0 Å². The van der Waals surface area contributed by atoms with Crippen LogP contribution in [0.25, 0.3) is 0 Å². The maximum absolute atomic E-state index is 13.0. The van der Waals surface area contributed by atoms with Gasteiger partial charge in [0.25, 0.3) is 5.91 Å². The highest BCUT2D eigenvalue weighted by Gasteiger charge is 2.46. The third-order valence-corrected chi connectivity index (χ3v) is 6.63. The van der Waals surface area contributed by atoms with Gasteiger partial charge in [0, 0.05) is 39.4 Å². The second-order valence-corrected chi connectivity index (χ2v) is 8.32. The Morgan fingerprint density at radius 2 is 1.82 bits per heavy atom. The maximum atomic E-state index is 13.0. The summed E-state index contributed by atoms with van der Waals surface area (Å²) in [7, 11) is 1.91. The van der Waals surface area contributed by atoms with E-state index in [9.17, 15) is 9.59 Å². The molecule has 2 aliphatic heterocycles. The number of carbonyl (C=O) groups is 2. The number of hydrogen-bond donors (Lipinski definition) is 0. The zero-order chi connectivity index (χ0) is 19.7. The molecule has 0 unspecified atom stereocenters. The van der Waals surface area contributed by atoms with Crippen molar-refractivity contribution in [2.75, 3.05) is 26.2 Å². The summed E-state index contributed by atoms with van der Waals surface area (Å²) in [5.41, 5.74) is 1.97. The first-order chi connectivity index (χ1) is 13.5. The molecular weight excluding hydrogens is 350 g/mol. The number of hydrogen-bond acceptors (Lipinski definition) is 2. The van der Waals surface area contributed by atoms with Crippen molar-refractivity contribution in [2.24, 2.45) is 12.5 Å². The molecule has 3 heterocycles. The molecular formula is C23H29N3O2. The fourth-order valence-corrected chi connectivity index (χ4v) is 4.89. The first-order valence-corrected chi connectivity index (χ1v) is 10.3. The molecule has 2 aromatic rings. The molecule has 2 amide bonds. The molecule has 148 valence electrons. The molecule has 0 N–H and O–H groups in total. The Balaban J connectivity index is 1.51. The van der Waals surface area contributed by atoms with Gasteiger partial charge in [-0.3, -0.25) is 9.59 Å². The molecule has 1 aromatic carbocycles. The summed E-state index contributed by atoms with van der Waals surface area (Å²) in [5, 5.41) is 0. The number of aryl methyl sites for hydroxylation is 1. The highest BCUT2D eigenvalue weighted by molar-refractivity contribution is 5.92. The Labute approximate surface area is 166 Å². The lowest BCUT2D eigenvalue weighted by atomic mass is 9.67. The van der Waals surface area contributed by atoms with Crippen molar-refractivity contribution in [2.45, 2.75) is 32.1 Å². The number of nitrogens with zero attached hydrogens (tertiary/aromatic N) is 3. The molecule has 0 saturated carbocycles. The fraction of sp³-hybridized carbons (Fsp3) is 0.478. The van der Waals surface area contributed by atoms with E-state index in [1.807, 2.05) is 57.9 Å². The van der Waals surface area contributed by atoms with Gasteiger partial charge in [-0.2, -0.15) is 0 Å². The van der Waals surface area contributed by atoms with Crippen molar-refractivity contribution in [1.82, 2.24) is 14.4 Å². The molecule has 1 atom stereocenters. The van der Waals surface area contributed by atoms with Crippen molar-refractivity contribution in [3.05, 3.63) is 59.9 Å². The van der Waals surface area contributed by atoms with Crippen molar-refractivity contribution >= 4 is 11.8 Å². The first kappa shape index (κ1) is 18.8. The third-order valence-electron chi connectivity index (χ3n) is 6.63. The van der Waals surface area contributed by atoms with E-state index in [4.69, 9.17) is 0 Å². The van der Waals surface area contributed by atoms with E-state index in [2.05, 4.69) is 19.1 Å². The van der Waals surface area contributed by atoms with Gasteiger partial charge >= 0.3 is 0 Å². The Bertz CT molecular complexity index is 850. The van der Waals surface area contributed by atoms with Crippen LogP contribution in [0.5, 0.6) is 0 Å². The molecule has 0 radical (unpaired) electrons. The smallest absolute Gasteiger partial charge is 0.270 e. The van der Waals surface area contributed by atoms with Gasteiger partial charge in [0.1, 0.15) is 5.69 Å². The summed E-state index contributed by atoms with van der Waals surface area (Å²) in [6.07, 6.45) is 4.71. The van der Waals surface area contributed by atoms with Crippen LogP contribution in [-0.2, 0) is 11.8 Å². The second kappa shape index (κ2) is 7.46. The van der Waals surface area contributed by atoms with Crippen molar-refractivity contribution in [3.63, 3.8) is 0 Å². The van der Waals surface area contributed by atoms with Crippen LogP contribution in [0.2, 0.25) is 0 Å².